The summed E-state index contributed by atoms with van der Waals surface area (Å²) in [5.41, 5.74) is 10.5. The molecule has 8 aromatic rings. The maximum Gasteiger partial charge on any atom is 0.513 e. The zero-order valence-electron chi connectivity index (χ0n) is 72.9. The lowest BCUT2D eigenvalue weighted by Crippen LogP contribution is -2.19. The van der Waals surface area contributed by atoms with E-state index in [-0.39, 0.29) is 31.3 Å². The van der Waals surface area contributed by atoms with Gasteiger partial charge in [0, 0.05) is 26.2 Å². The third-order valence-corrected chi connectivity index (χ3v) is 19.7. The van der Waals surface area contributed by atoms with Crippen LogP contribution in [0.4, 0.5) is 4.79 Å². The van der Waals surface area contributed by atoms with Crippen molar-refractivity contribution >= 4 is 11.9 Å². The summed E-state index contributed by atoms with van der Waals surface area (Å²) in [5.74, 6) is 9.68. The summed E-state index contributed by atoms with van der Waals surface area (Å²) in [7, 11) is 1.29. The van der Waals surface area contributed by atoms with Crippen molar-refractivity contribution in [1.29, 1.82) is 0 Å². The van der Waals surface area contributed by atoms with Crippen LogP contribution in [0.3, 0.4) is 0 Å². The molecule has 0 aromatic heterocycles. The normalized spacial score (nSPS) is 13.4. The van der Waals surface area contributed by atoms with Gasteiger partial charge in [0.2, 0.25) is 0 Å². The Kier molecular flexibility index (Phi) is 54.1. The number of ether oxygens (including phenoxy) is 9. The summed E-state index contributed by atoms with van der Waals surface area (Å²) >= 11 is 0. The topological polar surface area (TPSA) is 178 Å². The van der Waals surface area contributed by atoms with Gasteiger partial charge in [-0.05, 0) is 282 Å². The lowest BCUT2D eigenvalue weighted by molar-refractivity contribution is -0.118. The van der Waals surface area contributed by atoms with Crippen molar-refractivity contribution in [2.75, 3.05) is 33.5 Å². The van der Waals surface area contributed by atoms with E-state index in [0.717, 1.165) is 80.8 Å². The summed E-state index contributed by atoms with van der Waals surface area (Å²) in [5, 5.41) is 27.0. The van der Waals surface area contributed by atoms with Gasteiger partial charge in [0.05, 0.1) is 7.11 Å². The molecule has 0 aliphatic heterocycles. The number of rotatable bonds is 33. The first-order chi connectivity index (χ1) is 53.6. The first-order valence-electron chi connectivity index (χ1n) is 41.2. The van der Waals surface area contributed by atoms with Crippen LogP contribution in [0.1, 0.15) is 309 Å². The van der Waals surface area contributed by atoms with E-state index in [9.17, 15) is 9.59 Å². The Morgan fingerprint density at radius 2 is 0.500 bits per heavy atom. The number of hydrogen-bond donors (Lipinski definition) is 3. The number of methoxy groups -OCH3 is 1. The molecule has 0 aliphatic carbocycles. The van der Waals surface area contributed by atoms with Crippen LogP contribution in [-0.4, -0.2) is 79.7 Å². The van der Waals surface area contributed by atoms with Gasteiger partial charge in [-0.2, -0.15) is 0 Å². The fourth-order valence-corrected chi connectivity index (χ4v) is 10.5. The highest BCUT2D eigenvalue weighted by atomic mass is 16.7. The second kappa shape index (κ2) is 59.9. The fraction of sp³-hybridized carbons (Fsp3) is 0.490. The van der Waals surface area contributed by atoms with Gasteiger partial charge >= 0.3 is 6.16 Å². The number of phenols is 3. The fourth-order valence-electron chi connectivity index (χ4n) is 10.5. The van der Waals surface area contributed by atoms with Crippen LogP contribution in [0, 0.1) is 0 Å². The van der Waals surface area contributed by atoms with Gasteiger partial charge in [0.15, 0.2) is 24.7 Å². The highest BCUT2D eigenvalue weighted by Gasteiger charge is 2.13. The van der Waals surface area contributed by atoms with Crippen LogP contribution < -0.4 is 23.7 Å². The minimum absolute atomic E-state index is 0.0426. The van der Waals surface area contributed by atoms with Crippen molar-refractivity contribution in [3.63, 3.8) is 0 Å². The van der Waals surface area contributed by atoms with Gasteiger partial charge in [-0.25, -0.2) is 4.79 Å². The van der Waals surface area contributed by atoms with Crippen molar-refractivity contribution in [2.45, 2.75) is 283 Å². The summed E-state index contributed by atoms with van der Waals surface area (Å²) in [6.07, 6.45) is 8.83. The molecule has 0 spiro atoms. The second-order valence-electron chi connectivity index (χ2n) is 28.3. The molecule has 0 radical (unpaired) electrons. The molecule has 112 heavy (non-hydrogen) atoms. The van der Waals surface area contributed by atoms with E-state index < -0.39 is 6.16 Å². The van der Waals surface area contributed by atoms with Gasteiger partial charge < -0.3 is 58.0 Å². The largest absolute Gasteiger partial charge is 0.513 e. The van der Waals surface area contributed by atoms with Crippen LogP contribution in [0.2, 0.25) is 0 Å². The summed E-state index contributed by atoms with van der Waals surface area (Å²) in [4.78, 5) is 21.5. The number of ketones is 1. The van der Waals surface area contributed by atoms with Crippen molar-refractivity contribution in [1.82, 2.24) is 0 Å². The number of aromatic hydroxyl groups is 3. The quantitative estimate of drug-likeness (QED) is 0.0201. The maximum atomic E-state index is 10.8. The minimum Gasteiger partial charge on any atom is -0.508 e. The molecule has 0 saturated carbocycles. The third kappa shape index (κ3) is 43.3. The summed E-state index contributed by atoms with van der Waals surface area (Å²) in [6, 6.07) is 62.6. The van der Waals surface area contributed by atoms with E-state index in [2.05, 4.69) is 171 Å². The monoisotopic (exact) mass is 1550 g/mol. The van der Waals surface area contributed by atoms with Gasteiger partial charge in [-0.1, -0.05) is 215 Å². The van der Waals surface area contributed by atoms with E-state index in [1.165, 1.54) is 58.5 Å². The highest BCUT2D eigenvalue weighted by Crippen LogP contribution is 2.29. The first kappa shape index (κ1) is 101. The van der Waals surface area contributed by atoms with Crippen LogP contribution >= 0.6 is 0 Å². The molecule has 3 N–H and O–H groups in total. The van der Waals surface area contributed by atoms with Crippen LogP contribution in [0.25, 0.3) is 0 Å². The Morgan fingerprint density at radius 3 is 0.705 bits per heavy atom. The molecular formula is C98H144O14. The predicted molar refractivity (Wildman–Crippen MR) is 465 cm³/mol. The molecule has 8 aromatic carbocycles. The van der Waals surface area contributed by atoms with Crippen molar-refractivity contribution in [3.05, 3.63) is 239 Å². The van der Waals surface area contributed by atoms with Crippen molar-refractivity contribution in [2.24, 2.45) is 0 Å². The molecule has 0 bridgehead atoms. The Hall–Kier alpha value is -8.82. The van der Waals surface area contributed by atoms with Crippen LogP contribution in [-0.2, 0) is 23.7 Å². The van der Waals surface area contributed by atoms with Crippen LogP contribution in [0.15, 0.2) is 194 Å². The van der Waals surface area contributed by atoms with Gasteiger partial charge in [0.25, 0.3) is 0 Å². The Morgan fingerprint density at radius 1 is 0.286 bits per heavy atom. The average Bonchev–Trinajstić information content (AvgIpc) is 0.881. The van der Waals surface area contributed by atoms with Gasteiger partial charge in [-0.3, -0.25) is 4.79 Å². The number of carbonyl (C=O) groups excluding carboxylic acids is 2. The molecule has 11 unspecified atom stereocenters. The van der Waals surface area contributed by atoms with E-state index in [1.807, 2.05) is 132 Å². The zero-order valence-corrected chi connectivity index (χ0v) is 72.9. The molecule has 8 rings (SSSR count). The molecule has 620 valence electrons. The SMILES string of the molecule is CCC(C)c1ccc(O)cc1.CCC(C)c1ccc(O)cc1.CCC(C)c1ccc(O)cc1.CCC(C)c1ccc(OC(=O)OC)cc1.CCC(C)c1ccc(OCC(C)=O)cc1.CCOC(C)Oc1ccc(C(C)CC)cc1.CCOC(C)Oc1ccc(C(C)CC)cc1.CCOC(CC)Oc1ccc(C(C)CC)cc1. The van der Waals surface area contributed by atoms with Gasteiger partial charge in [-0.15, -0.1) is 0 Å². The number of phenolic OH excluding ortho intramolecular Hbond substituents is 3. The average molecular weight is 1550 g/mol. The van der Waals surface area contributed by atoms with Gasteiger partial charge in [0.1, 0.15) is 52.6 Å². The first-order valence-corrected chi connectivity index (χ1v) is 41.2. The zero-order chi connectivity index (χ0) is 83.9. The molecular weight excluding hydrogens is 1400 g/mol. The summed E-state index contributed by atoms with van der Waals surface area (Å²) < 4.78 is 47.6. The summed E-state index contributed by atoms with van der Waals surface area (Å²) in [6.45, 7) is 50.5. The van der Waals surface area contributed by atoms with E-state index in [0.29, 0.717) is 90.2 Å². The predicted octanol–water partition coefficient (Wildman–Crippen LogP) is 27.5. The number of Topliss-reactive ketones (excluding diaryl/α,β-unsaturated/α-hetero) is 1. The van der Waals surface area contributed by atoms with E-state index in [4.69, 9.17) is 53.2 Å². The molecule has 14 nitrogen and oxygen atoms in total. The Balaban J connectivity index is 0.000000643. The second-order valence-corrected chi connectivity index (χ2v) is 28.3. The molecule has 0 amide bonds. The molecule has 11 atom stereocenters. The Labute approximate surface area is 677 Å². The highest BCUT2D eigenvalue weighted by molar-refractivity contribution is 5.77. The molecule has 0 fully saturated rings. The van der Waals surface area contributed by atoms with E-state index >= 15 is 0 Å². The molecule has 0 heterocycles. The smallest absolute Gasteiger partial charge is 0.508 e. The van der Waals surface area contributed by atoms with Crippen molar-refractivity contribution < 1.29 is 67.5 Å². The number of carbonyl (C=O) groups is 2. The lowest BCUT2D eigenvalue weighted by atomic mass is 9.99. The standard InChI is InChI=1S/C15H24O2.2C14H22O2.C13H18O2.C12H16O3.3C10H14O/c1-5-12(4)13-8-10-14(11-9-13)17-15(6-2)16-7-3;2*1-5-11(3)13-7-9-14(10-8-13)16-12(4)15-6-2;1-4-10(2)12-5-7-13(8-6-12)15-9-11(3)14;1-4-9(2)10-5-7-11(8-6-10)15-12(13)14-3;3*1-3-8(2)9-4-6-10(11)7-5-9/h8-12,15H,5-7H2,1-4H3;2*7-12H,5-6H2,1-4H3;5-8,10H,4,9H2,1-3H3;5-9H,4H2,1-3H3;3*4-8,11H,3H2,1-2H3. The molecule has 0 saturated heterocycles. The third-order valence-electron chi connectivity index (χ3n) is 19.7. The number of hydrogen-bond acceptors (Lipinski definition) is 14. The van der Waals surface area contributed by atoms with Crippen LogP contribution in [0.5, 0.6) is 46.0 Å². The molecule has 0 aliphatic rings. The van der Waals surface area contributed by atoms with E-state index in [1.54, 1.807) is 48.5 Å². The minimum atomic E-state index is -0.689. The molecule has 14 heteroatoms. The lowest BCUT2D eigenvalue weighted by Gasteiger charge is -2.17. The Bertz CT molecular complexity index is 3410. The van der Waals surface area contributed by atoms with Crippen molar-refractivity contribution in [3.8, 4) is 46.0 Å². The maximum absolute atomic E-state index is 10.8. The number of benzene rings is 8.